The molecule has 124 valence electrons. The molecule has 1 aromatic heterocycles. The maximum Gasteiger partial charge on any atom is 0.342 e. The molecule has 1 saturated heterocycles. The van der Waals surface area contributed by atoms with Crippen LogP contribution in [0.1, 0.15) is 43.5 Å². The van der Waals surface area contributed by atoms with Gasteiger partial charge in [0, 0.05) is 19.3 Å². The topological polar surface area (TPSA) is 79.7 Å². The first-order valence-corrected chi connectivity index (χ1v) is 8.08. The van der Waals surface area contributed by atoms with Crippen LogP contribution in [0.3, 0.4) is 0 Å². The largest absolute Gasteiger partial charge is 0.481 e. The van der Waals surface area contributed by atoms with Crippen molar-refractivity contribution in [3.05, 3.63) is 23.9 Å². The Labute approximate surface area is 135 Å². The minimum atomic E-state index is -0.732. The molecule has 2 atom stereocenters. The smallest absolute Gasteiger partial charge is 0.342 e. The molecule has 1 saturated carbocycles. The van der Waals surface area contributed by atoms with Gasteiger partial charge in [-0.15, -0.1) is 0 Å². The van der Waals surface area contributed by atoms with Gasteiger partial charge in [-0.1, -0.05) is 6.42 Å². The number of carboxylic acids is 1. The highest BCUT2D eigenvalue weighted by molar-refractivity contribution is 5.95. The Morgan fingerprint density at radius 2 is 2.26 bits per heavy atom. The number of hydrogen-bond acceptors (Lipinski definition) is 5. The number of carboxylic acid groups (broad SMARTS) is 1. The van der Waals surface area contributed by atoms with Gasteiger partial charge in [-0.2, -0.15) is 0 Å². The molecule has 23 heavy (non-hydrogen) atoms. The number of carbonyl (C=O) groups is 2. The van der Waals surface area contributed by atoms with E-state index in [-0.39, 0.29) is 12.0 Å². The summed E-state index contributed by atoms with van der Waals surface area (Å²) in [6.45, 7) is 4.64. The SMILES string of the molecule is CC(C)OC(=O)c1cccnc1N1C[C@@H]2CCC[C@@]2(C(=O)O)C1. The van der Waals surface area contributed by atoms with Gasteiger partial charge >= 0.3 is 11.9 Å². The maximum atomic E-state index is 12.3. The highest BCUT2D eigenvalue weighted by Gasteiger charge is 2.55. The fourth-order valence-corrected chi connectivity index (χ4v) is 3.89. The van der Waals surface area contributed by atoms with Crippen molar-refractivity contribution in [1.82, 2.24) is 4.98 Å². The Bertz CT molecular complexity index is 631. The van der Waals surface area contributed by atoms with E-state index < -0.39 is 17.4 Å². The molecule has 0 aromatic carbocycles. The van der Waals surface area contributed by atoms with E-state index >= 15 is 0 Å². The molecule has 6 heteroatoms. The molecule has 1 aromatic rings. The molecule has 1 aliphatic carbocycles. The van der Waals surface area contributed by atoms with Crippen LogP contribution in [0.25, 0.3) is 0 Å². The molecule has 6 nitrogen and oxygen atoms in total. The number of anilines is 1. The van der Waals surface area contributed by atoms with Crippen LogP contribution < -0.4 is 4.90 Å². The van der Waals surface area contributed by atoms with Gasteiger partial charge < -0.3 is 14.7 Å². The molecule has 2 fully saturated rings. The number of carbonyl (C=O) groups excluding carboxylic acids is 1. The molecular formula is C17H22N2O4. The number of esters is 1. The van der Waals surface area contributed by atoms with Gasteiger partial charge in [-0.25, -0.2) is 9.78 Å². The summed E-state index contributed by atoms with van der Waals surface area (Å²) in [4.78, 5) is 30.4. The van der Waals surface area contributed by atoms with Crippen molar-refractivity contribution in [2.75, 3.05) is 18.0 Å². The average Bonchev–Trinajstić information content (AvgIpc) is 3.04. The molecular weight excluding hydrogens is 296 g/mol. The summed E-state index contributed by atoms with van der Waals surface area (Å²) in [7, 11) is 0. The first-order valence-electron chi connectivity index (χ1n) is 8.08. The van der Waals surface area contributed by atoms with Gasteiger partial charge in [0.15, 0.2) is 0 Å². The Morgan fingerprint density at radius 3 is 2.91 bits per heavy atom. The lowest BCUT2D eigenvalue weighted by atomic mass is 9.81. The van der Waals surface area contributed by atoms with Gasteiger partial charge in [-0.05, 0) is 44.7 Å². The number of nitrogens with zero attached hydrogens (tertiary/aromatic N) is 2. The molecule has 0 amide bonds. The lowest BCUT2D eigenvalue weighted by Gasteiger charge is -2.24. The molecule has 1 aliphatic heterocycles. The number of aromatic nitrogens is 1. The number of hydrogen-bond donors (Lipinski definition) is 1. The highest BCUT2D eigenvalue weighted by Crippen LogP contribution is 2.49. The fraction of sp³-hybridized carbons (Fsp3) is 0.588. The van der Waals surface area contributed by atoms with E-state index in [4.69, 9.17) is 4.74 Å². The second-order valence-electron chi connectivity index (χ2n) is 6.76. The zero-order valence-electron chi connectivity index (χ0n) is 13.5. The van der Waals surface area contributed by atoms with Crippen LogP contribution >= 0.6 is 0 Å². The van der Waals surface area contributed by atoms with Crippen LogP contribution in [0.4, 0.5) is 5.82 Å². The molecule has 0 unspecified atom stereocenters. The van der Waals surface area contributed by atoms with Crippen molar-refractivity contribution in [3.63, 3.8) is 0 Å². The van der Waals surface area contributed by atoms with Crippen LogP contribution in [0.5, 0.6) is 0 Å². The monoisotopic (exact) mass is 318 g/mol. The lowest BCUT2D eigenvalue weighted by molar-refractivity contribution is -0.149. The zero-order valence-corrected chi connectivity index (χ0v) is 13.5. The fourth-order valence-electron chi connectivity index (χ4n) is 3.89. The molecule has 1 N–H and O–H groups in total. The average molecular weight is 318 g/mol. The summed E-state index contributed by atoms with van der Waals surface area (Å²) in [6, 6.07) is 3.39. The van der Waals surface area contributed by atoms with Crippen LogP contribution in [0.15, 0.2) is 18.3 Å². The quantitative estimate of drug-likeness (QED) is 0.858. The Balaban J connectivity index is 1.89. The minimum absolute atomic E-state index is 0.121. The second kappa shape index (κ2) is 5.83. The molecule has 2 aliphatic rings. The molecule has 0 spiro atoms. The van der Waals surface area contributed by atoms with E-state index in [0.29, 0.717) is 30.9 Å². The van der Waals surface area contributed by atoms with Crippen molar-refractivity contribution in [1.29, 1.82) is 0 Å². The minimum Gasteiger partial charge on any atom is -0.481 e. The Morgan fingerprint density at radius 1 is 1.48 bits per heavy atom. The molecule has 0 radical (unpaired) electrons. The van der Waals surface area contributed by atoms with Crippen molar-refractivity contribution < 1.29 is 19.4 Å². The van der Waals surface area contributed by atoms with Crippen molar-refractivity contribution in [2.24, 2.45) is 11.3 Å². The maximum absolute atomic E-state index is 12.3. The van der Waals surface area contributed by atoms with E-state index in [0.717, 1.165) is 12.8 Å². The number of pyridine rings is 1. The Hall–Kier alpha value is -2.11. The predicted octanol–water partition coefficient (Wildman–Crippen LogP) is 2.34. The van der Waals surface area contributed by atoms with Crippen LogP contribution in [0.2, 0.25) is 0 Å². The normalized spacial score (nSPS) is 26.4. The third-order valence-electron chi connectivity index (χ3n) is 4.95. The van der Waals surface area contributed by atoms with Gasteiger partial charge in [-0.3, -0.25) is 4.79 Å². The predicted molar refractivity (Wildman–Crippen MR) is 84.4 cm³/mol. The standard InChI is InChI=1S/C17H22N2O4/c1-11(2)23-15(20)13-6-4-8-18-14(13)19-9-12-5-3-7-17(12,10-19)16(21)22/h4,6,8,11-12H,3,5,7,9-10H2,1-2H3,(H,21,22)/t12-,17+/m0/s1. The van der Waals surface area contributed by atoms with Gasteiger partial charge in [0.2, 0.25) is 0 Å². The molecule has 2 heterocycles. The number of rotatable bonds is 4. The summed E-state index contributed by atoms with van der Waals surface area (Å²) in [5, 5.41) is 9.70. The van der Waals surface area contributed by atoms with E-state index in [1.54, 1.807) is 32.2 Å². The molecule has 0 bridgehead atoms. The number of ether oxygens (including phenoxy) is 1. The summed E-state index contributed by atoms with van der Waals surface area (Å²) in [6.07, 6.45) is 3.99. The van der Waals surface area contributed by atoms with Gasteiger partial charge in [0.05, 0.1) is 11.5 Å². The number of aliphatic carboxylic acids is 1. The van der Waals surface area contributed by atoms with E-state index in [9.17, 15) is 14.7 Å². The summed E-state index contributed by atoms with van der Waals surface area (Å²) in [5.74, 6) is -0.488. The highest BCUT2D eigenvalue weighted by atomic mass is 16.5. The second-order valence-corrected chi connectivity index (χ2v) is 6.76. The Kier molecular flexibility index (Phi) is 4.00. The summed E-state index contributed by atoms with van der Waals surface area (Å²) < 4.78 is 5.28. The molecule has 3 rings (SSSR count). The van der Waals surface area contributed by atoms with Crippen LogP contribution in [-0.2, 0) is 9.53 Å². The van der Waals surface area contributed by atoms with Crippen LogP contribution in [0, 0.1) is 11.3 Å². The van der Waals surface area contributed by atoms with E-state index in [1.807, 2.05) is 4.90 Å². The first-order chi connectivity index (χ1) is 10.9. The van der Waals surface area contributed by atoms with Gasteiger partial charge in [0.1, 0.15) is 11.4 Å². The van der Waals surface area contributed by atoms with Crippen molar-refractivity contribution in [2.45, 2.75) is 39.2 Å². The van der Waals surface area contributed by atoms with Gasteiger partial charge in [0.25, 0.3) is 0 Å². The number of fused-ring (bicyclic) bond motifs is 1. The zero-order chi connectivity index (χ0) is 16.6. The summed E-state index contributed by atoms with van der Waals surface area (Å²) in [5.41, 5.74) is -0.293. The van der Waals surface area contributed by atoms with E-state index in [2.05, 4.69) is 4.98 Å². The first kappa shape index (κ1) is 15.8. The van der Waals surface area contributed by atoms with Crippen LogP contribution in [-0.4, -0.2) is 41.2 Å². The lowest BCUT2D eigenvalue weighted by Crippen LogP contribution is -2.36. The third kappa shape index (κ3) is 2.66. The summed E-state index contributed by atoms with van der Waals surface area (Å²) >= 11 is 0. The third-order valence-corrected chi connectivity index (χ3v) is 4.95. The van der Waals surface area contributed by atoms with E-state index in [1.165, 1.54) is 0 Å². The van der Waals surface area contributed by atoms with Crippen molar-refractivity contribution in [3.8, 4) is 0 Å². The van der Waals surface area contributed by atoms with Crippen molar-refractivity contribution >= 4 is 17.8 Å².